The first-order chi connectivity index (χ1) is 20.6. The Morgan fingerprint density at radius 2 is 1.26 bits per heavy atom. The van der Waals surface area contributed by atoms with Crippen LogP contribution in [0.3, 0.4) is 0 Å². The number of rotatable bonds is 3. The van der Waals surface area contributed by atoms with Crippen LogP contribution in [0.4, 0.5) is 10.5 Å². The van der Waals surface area contributed by atoms with Gasteiger partial charge in [0.1, 0.15) is 0 Å². The summed E-state index contributed by atoms with van der Waals surface area (Å²) in [5, 5.41) is 0. The van der Waals surface area contributed by atoms with E-state index in [-0.39, 0.29) is 6.09 Å². The van der Waals surface area contributed by atoms with Crippen molar-refractivity contribution in [1.82, 2.24) is 19.9 Å². The number of amides is 1. The summed E-state index contributed by atoms with van der Waals surface area (Å²) in [7, 11) is 0. The monoisotopic (exact) mass is 557 g/mol. The SMILES string of the molecule is C1=Cc2cc3ccc(cc4ccc(cc5nc(cc1n2)C=C5)[nH]4)[nH]3.CCOC(=O)N1c2ccccc2C=CC1OCC. The van der Waals surface area contributed by atoms with E-state index in [0.717, 1.165) is 56.1 Å². The minimum absolute atomic E-state index is 0.347. The van der Waals surface area contributed by atoms with E-state index < -0.39 is 6.23 Å². The third kappa shape index (κ3) is 6.09. The van der Waals surface area contributed by atoms with Gasteiger partial charge < -0.3 is 19.4 Å². The van der Waals surface area contributed by atoms with Crippen molar-refractivity contribution >= 4 is 64.2 Å². The van der Waals surface area contributed by atoms with Crippen LogP contribution in [0, 0.1) is 0 Å². The van der Waals surface area contributed by atoms with Gasteiger partial charge in [-0.25, -0.2) is 19.7 Å². The Labute approximate surface area is 243 Å². The van der Waals surface area contributed by atoms with Crippen LogP contribution in [-0.4, -0.2) is 45.5 Å². The maximum absolute atomic E-state index is 12.0. The number of nitrogens with zero attached hydrogens (tertiary/aromatic N) is 3. The molecule has 3 aromatic heterocycles. The Morgan fingerprint density at radius 1 is 0.714 bits per heavy atom. The van der Waals surface area contributed by atoms with Crippen LogP contribution in [-0.2, 0) is 9.47 Å². The van der Waals surface area contributed by atoms with E-state index in [2.05, 4.69) is 50.3 Å². The number of hydrogen-bond acceptors (Lipinski definition) is 5. The molecule has 6 heterocycles. The van der Waals surface area contributed by atoms with Crippen molar-refractivity contribution in [2.75, 3.05) is 18.1 Å². The van der Waals surface area contributed by atoms with Gasteiger partial charge in [-0.2, -0.15) is 0 Å². The van der Waals surface area contributed by atoms with Gasteiger partial charge in [-0.3, -0.25) is 0 Å². The van der Waals surface area contributed by atoms with Crippen LogP contribution in [0.15, 0.2) is 78.9 Å². The van der Waals surface area contributed by atoms with Gasteiger partial charge in [0.05, 0.1) is 35.1 Å². The summed E-state index contributed by atoms with van der Waals surface area (Å²) < 4.78 is 10.6. The zero-order valence-electron chi connectivity index (χ0n) is 23.5. The van der Waals surface area contributed by atoms with Crippen LogP contribution in [0.1, 0.15) is 42.2 Å². The van der Waals surface area contributed by atoms with E-state index in [4.69, 9.17) is 9.47 Å². The molecule has 8 nitrogen and oxygen atoms in total. The highest BCUT2D eigenvalue weighted by Gasteiger charge is 2.29. The molecule has 8 bridgehead atoms. The first kappa shape index (κ1) is 27.0. The van der Waals surface area contributed by atoms with E-state index in [1.807, 2.05) is 85.8 Å². The average Bonchev–Trinajstić information content (AvgIpc) is 3.80. The van der Waals surface area contributed by atoms with Crippen LogP contribution in [0.5, 0.6) is 0 Å². The molecule has 42 heavy (non-hydrogen) atoms. The zero-order chi connectivity index (χ0) is 28.9. The molecule has 210 valence electrons. The van der Waals surface area contributed by atoms with Crippen molar-refractivity contribution in [3.8, 4) is 0 Å². The molecule has 1 amide bonds. The number of H-pyrrole nitrogens is 2. The lowest BCUT2D eigenvalue weighted by Crippen LogP contribution is -2.43. The Morgan fingerprint density at radius 3 is 1.83 bits per heavy atom. The molecule has 0 radical (unpaired) electrons. The highest BCUT2D eigenvalue weighted by Crippen LogP contribution is 2.30. The van der Waals surface area contributed by atoms with Gasteiger partial charge in [-0.15, -0.1) is 0 Å². The van der Waals surface area contributed by atoms with Gasteiger partial charge in [0.2, 0.25) is 0 Å². The van der Waals surface area contributed by atoms with Crippen molar-refractivity contribution in [1.29, 1.82) is 0 Å². The fourth-order valence-corrected chi connectivity index (χ4v) is 4.90. The third-order valence-electron chi connectivity index (χ3n) is 6.74. The molecule has 4 aromatic rings. The van der Waals surface area contributed by atoms with Crippen molar-refractivity contribution in [3.63, 3.8) is 0 Å². The Kier molecular flexibility index (Phi) is 7.79. The van der Waals surface area contributed by atoms with E-state index in [1.54, 1.807) is 11.8 Å². The molecule has 0 saturated heterocycles. The van der Waals surface area contributed by atoms with E-state index in [0.29, 0.717) is 13.2 Å². The number of carbonyl (C=O) groups excluding carboxylic acids is 1. The van der Waals surface area contributed by atoms with Crippen LogP contribution in [0.2, 0.25) is 0 Å². The van der Waals surface area contributed by atoms with Gasteiger partial charge in [-0.05, 0) is 104 Å². The van der Waals surface area contributed by atoms with Gasteiger partial charge >= 0.3 is 6.09 Å². The predicted molar refractivity (Wildman–Crippen MR) is 169 cm³/mol. The molecule has 1 aromatic carbocycles. The topological polar surface area (TPSA) is 96.1 Å². The summed E-state index contributed by atoms with van der Waals surface area (Å²) in [6.07, 6.45) is 11.1. The number of anilines is 1. The standard InChI is InChI=1S/C20H14N4.C14H17NO3/c1-2-14-10-16-5-6-18(23-16)12-20-8-7-19(24-20)11-17-4-3-15(22-17)9-13(1)21-14;1-3-17-13-10-9-11-7-5-6-8-12(11)15(13)14(16)18-4-2/h1-12,21-22H;5-10,13H,3-4H2,1-2H3. The summed E-state index contributed by atoms with van der Waals surface area (Å²) in [5.41, 5.74) is 9.66. The van der Waals surface area contributed by atoms with Gasteiger partial charge in [-0.1, -0.05) is 24.3 Å². The molecule has 1 atom stereocenters. The van der Waals surface area contributed by atoms with E-state index in [1.165, 1.54) is 0 Å². The molecule has 8 heteroatoms. The van der Waals surface area contributed by atoms with Crippen molar-refractivity contribution in [2.24, 2.45) is 0 Å². The normalized spacial score (nSPS) is 14.7. The van der Waals surface area contributed by atoms with Gasteiger partial charge in [0.25, 0.3) is 0 Å². The van der Waals surface area contributed by atoms with Crippen LogP contribution < -0.4 is 4.90 Å². The number of benzene rings is 1. The molecule has 3 aliphatic heterocycles. The number of ether oxygens (including phenoxy) is 2. The summed E-state index contributed by atoms with van der Waals surface area (Å²) in [6.45, 7) is 4.57. The molecule has 3 aliphatic rings. The second kappa shape index (κ2) is 12.1. The second-order valence-electron chi connectivity index (χ2n) is 9.74. The number of aromatic nitrogens is 4. The number of fused-ring (bicyclic) bond motifs is 9. The molecule has 0 saturated carbocycles. The fourth-order valence-electron chi connectivity index (χ4n) is 4.90. The lowest BCUT2D eigenvalue weighted by molar-refractivity contribution is 0.0830. The first-order valence-corrected chi connectivity index (χ1v) is 14.0. The first-order valence-electron chi connectivity index (χ1n) is 14.0. The van der Waals surface area contributed by atoms with Crippen LogP contribution in [0.25, 0.3) is 52.4 Å². The molecule has 0 spiro atoms. The maximum Gasteiger partial charge on any atom is 0.416 e. The fraction of sp³-hybridized carbons (Fsp3) is 0.147. The van der Waals surface area contributed by atoms with Crippen molar-refractivity contribution in [2.45, 2.75) is 20.1 Å². The second-order valence-corrected chi connectivity index (χ2v) is 9.74. The lowest BCUT2D eigenvalue weighted by atomic mass is 10.1. The molecule has 2 N–H and O–H groups in total. The van der Waals surface area contributed by atoms with E-state index >= 15 is 0 Å². The number of carbonyl (C=O) groups is 1. The van der Waals surface area contributed by atoms with E-state index in [9.17, 15) is 4.79 Å². The molecule has 1 unspecified atom stereocenters. The molecular weight excluding hydrogens is 526 g/mol. The Bertz CT molecular complexity index is 1780. The minimum Gasteiger partial charge on any atom is -0.449 e. The molecule has 0 fully saturated rings. The Hall–Kier alpha value is -5.21. The Balaban J connectivity index is 0.000000158. The quantitative estimate of drug-likeness (QED) is 0.232. The summed E-state index contributed by atoms with van der Waals surface area (Å²) in [6, 6.07) is 24.1. The number of aromatic amines is 2. The van der Waals surface area contributed by atoms with Gasteiger partial charge in [0, 0.05) is 28.7 Å². The smallest absolute Gasteiger partial charge is 0.416 e. The molecule has 0 aliphatic carbocycles. The highest BCUT2D eigenvalue weighted by atomic mass is 16.6. The summed E-state index contributed by atoms with van der Waals surface area (Å²) >= 11 is 0. The van der Waals surface area contributed by atoms with Gasteiger partial charge in [0.15, 0.2) is 6.23 Å². The molecular formula is C34H31N5O3. The number of hydrogen-bond donors (Lipinski definition) is 2. The summed E-state index contributed by atoms with van der Waals surface area (Å²) in [5.74, 6) is 0. The largest absolute Gasteiger partial charge is 0.449 e. The number of para-hydroxylation sites is 1. The predicted octanol–water partition coefficient (Wildman–Crippen LogP) is 7.69. The van der Waals surface area contributed by atoms with Crippen molar-refractivity contribution in [3.05, 3.63) is 107 Å². The van der Waals surface area contributed by atoms with Crippen LogP contribution >= 0.6 is 0 Å². The van der Waals surface area contributed by atoms with Crippen molar-refractivity contribution < 1.29 is 14.3 Å². The lowest BCUT2D eigenvalue weighted by Gasteiger charge is -2.32. The highest BCUT2D eigenvalue weighted by molar-refractivity contribution is 5.93. The number of nitrogens with one attached hydrogen (secondary N) is 2. The third-order valence-corrected chi connectivity index (χ3v) is 6.74. The summed E-state index contributed by atoms with van der Waals surface area (Å²) in [4.78, 5) is 29.6. The minimum atomic E-state index is -0.399. The zero-order valence-corrected chi connectivity index (χ0v) is 23.5. The molecule has 7 rings (SSSR count). The average molecular weight is 558 g/mol. The maximum atomic E-state index is 12.0.